The van der Waals surface area contributed by atoms with Crippen molar-refractivity contribution in [3.8, 4) is 0 Å². The molecule has 21 heavy (non-hydrogen) atoms. The average molecular weight is 365 g/mol. The summed E-state index contributed by atoms with van der Waals surface area (Å²) in [7, 11) is 1.85. The number of rotatable bonds is 3. The van der Waals surface area contributed by atoms with E-state index in [1.165, 1.54) is 0 Å². The van der Waals surface area contributed by atoms with E-state index in [-0.39, 0.29) is 19.0 Å². The smallest absolute Gasteiger partial charge is 0.371 e. The quantitative estimate of drug-likeness (QED) is 0.848. The van der Waals surface area contributed by atoms with Gasteiger partial charge in [-0.3, -0.25) is 0 Å². The van der Waals surface area contributed by atoms with Crippen molar-refractivity contribution in [2.24, 2.45) is 5.92 Å². The van der Waals surface area contributed by atoms with Gasteiger partial charge >= 0.3 is 6.18 Å². The summed E-state index contributed by atoms with van der Waals surface area (Å²) < 4.78 is 39.9. The molecule has 1 fully saturated rings. The summed E-state index contributed by atoms with van der Waals surface area (Å²) in [5, 5.41) is 3.16. The van der Waals surface area contributed by atoms with Crippen LogP contribution in [-0.2, 0) is 0 Å². The number of alkyl halides is 3. The van der Waals surface area contributed by atoms with Crippen LogP contribution >= 0.6 is 15.9 Å². The fraction of sp³-hybridized carbons (Fsp3) is 0.600. The second-order valence-electron chi connectivity index (χ2n) is 5.54. The SMILES string of the molecule is CNC(C)c1cc(Br)ccc1N1CCCC(C(F)(F)F)C1. The highest BCUT2D eigenvalue weighted by molar-refractivity contribution is 9.10. The van der Waals surface area contributed by atoms with Gasteiger partial charge in [-0.2, -0.15) is 13.2 Å². The van der Waals surface area contributed by atoms with Crippen LogP contribution in [0.2, 0.25) is 0 Å². The Kier molecular flexibility index (Phi) is 5.20. The van der Waals surface area contributed by atoms with E-state index in [1.807, 2.05) is 37.1 Å². The predicted octanol–water partition coefficient (Wildman–Crippen LogP) is 4.51. The summed E-state index contributed by atoms with van der Waals surface area (Å²) in [6.07, 6.45) is -3.30. The Hall–Kier alpha value is -0.750. The molecule has 2 unspecified atom stereocenters. The lowest BCUT2D eigenvalue weighted by Crippen LogP contribution is -2.42. The Morgan fingerprint density at radius 1 is 1.38 bits per heavy atom. The first-order valence-electron chi connectivity index (χ1n) is 7.11. The Morgan fingerprint density at radius 2 is 2.10 bits per heavy atom. The van der Waals surface area contributed by atoms with Gasteiger partial charge in [-0.15, -0.1) is 0 Å². The molecule has 0 amide bonds. The van der Waals surface area contributed by atoms with Crippen LogP contribution in [0.3, 0.4) is 0 Å². The highest BCUT2D eigenvalue weighted by Crippen LogP contribution is 2.37. The van der Waals surface area contributed by atoms with Gasteiger partial charge in [-0.25, -0.2) is 0 Å². The summed E-state index contributed by atoms with van der Waals surface area (Å²) in [4.78, 5) is 1.87. The van der Waals surface area contributed by atoms with Crippen LogP contribution in [0, 0.1) is 5.92 Å². The Bertz CT molecular complexity index is 490. The van der Waals surface area contributed by atoms with Gasteiger partial charge in [0.25, 0.3) is 0 Å². The summed E-state index contributed by atoms with van der Waals surface area (Å²) in [5.74, 6) is -1.23. The summed E-state index contributed by atoms with van der Waals surface area (Å²) in [6.45, 7) is 2.74. The van der Waals surface area contributed by atoms with Crippen molar-refractivity contribution in [2.45, 2.75) is 32.0 Å². The maximum Gasteiger partial charge on any atom is 0.393 e. The molecule has 2 rings (SSSR count). The van der Waals surface area contributed by atoms with E-state index in [1.54, 1.807) is 0 Å². The Morgan fingerprint density at radius 3 is 2.71 bits per heavy atom. The normalized spacial score (nSPS) is 21.4. The van der Waals surface area contributed by atoms with Crippen LogP contribution in [0.5, 0.6) is 0 Å². The van der Waals surface area contributed by atoms with Crippen LogP contribution in [0.4, 0.5) is 18.9 Å². The summed E-state index contributed by atoms with van der Waals surface area (Å²) >= 11 is 3.44. The van der Waals surface area contributed by atoms with Gasteiger partial charge in [0.2, 0.25) is 0 Å². The molecule has 1 aromatic carbocycles. The first-order chi connectivity index (χ1) is 9.82. The number of nitrogens with one attached hydrogen (secondary N) is 1. The summed E-state index contributed by atoms with van der Waals surface area (Å²) in [5.41, 5.74) is 1.92. The molecule has 118 valence electrons. The molecule has 0 aromatic heterocycles. The zero-order valence-corrected chi connectivity index (χ0v) is 13.8. The largest absolute Gasteiger partial charge is 0.393 e. The molecule has 6 heteroatoms. The lowest BCUT2D eigenvalue weighted by atomic mass is 9.95. The molecule has 1 aromatic rings. The van der Waals surface area contributed by atoms with Crippen LogP contribution < -0.4 is 10.2 Å². The third kappa shape index (κ3) is 3.92. The minimum Gasteiger partial charge on any atom is -0.371 e. The molecule has 1 N–H and O–H groups in total. The van der Waals surface area contributed by atoms with E-state index < -0.39 is 12.1 Å². The van der Waals surface area contributed by atoms with Crippen LogP contribution in [0.1, 0.15) is 31.4 Å². The molecular weight excluding hydrogens is 345 g/mol. The van der Waals surface area contributed by atoms with Crippen LogP contribution in [-0.4, -0.2) is 26.3 Å². The van der Waals surface area contributed by atoms with Crippen molar-refractivity contribution in [2.75, 3.05) is 25.0 Å². The minimum absolute atomic E-state index is 0.0502. The van der Waals surface area contributed by atoms with Crippen molar-refractivity contribution in [3.05, 3.63) is 28.2 Å². The van der Waals surface area contributed by atoms with Gasteiger partial charge in [0.05, 0.1) is 5.92 Å². The standard InChI is InChI=1S/C15H20BrF3N2/c1-10(20-2)13-8-12(16)5-6-14(13)21-7-3-4-11(9-21)15(17,18)19/h5-6,8,10-11,20H,3-4,7,9H2,1-2H3. The number of benzene rings is 1. The zero-order valence-electron chi connectivity index (χ0n) is 12.2. The van der Waals surface area contributed by atoms with Crippen molar-refractivity contribution in [1.82, 2.24) is 5.32 Å². The van der Waals surface area contributed by atoms with Crippen molar-refractivity contribution >= 4 is 21.6 Å². The van der Waals surface area contributed by atoms with Gasteiger partial charge < -0.3 is 10.2 Å². The molecule has 1 saturated heterocycles. The predicted molar refractivity (Wildman–Crippen MR) is 82.6 cm³/mol. The molecule has 0 radical (unpaired) electrons. The highest BCUT2D eigenvalue weighted by atomic mass is 79.9. The lowest BCUT2D eigenvalue weighted by molar-refractivity contribution is -0.176. The molecule has 0 saturated carbocycles. The van der Waals surface area contributed by atoms with Crippen molar-refractivity contribution in [1.29, 1.82) is 0 Å². The van der Waals surface area contributed by atoms with Crippen LogP contribution in [0.15, 0.2) is 22.7 Å². The monoisotopic (exact) mass is 364 g/mol. The second-order valence-corrected chi connectivity index (χ2v) is 6.46. The molecule has 1 heterocycles. The van der Waals surface area contributed by atoms with E-state index in [0.717, 1.165) is 15.7 Å². The molecule has 1 aliphatic heterocycles. The number of hydrogen-bond donors (Lipinski definition) is 1. The Balaban J connectivity index is 2.29. The molecular formula is C15H20BrF3N2. The van der Waals surface area contributed by atoms with Gasteiger partial charge in [-0.1, -0.05) is 15.9 Å². The van der Waals surface area contributed by atoms with Crippen molar-refractivity contribution < 1.29 is 13.2 Å². The fourth-order valence-electron chi connectivity index (χ4n) is 2.78. The van der Waals surface area contributed by atoms with E-state index >= 15 is 0 Å². The fourth-order valence-corrected chi connectivity index (χ4v) is 3.16. The van der Waals surface area contributed by atoms with Gasteiger partial charge in [0, 0.05) is 29.3 Å². The highest BCUT2D eigenvalue weighted by Gasteiger charge is 2.42. The number of anilines is 1. The third-order valence-corrected chi connectivity index (χ3v) is 4.61. The third-order valence-electron chi connectivity index (χ3n) is 4.11. The van der Waals surface area contributed by atoms with E-state index in [0.29, 0.717) is 13.0 Å². The topological polar surface area (TPSA) is 15.3 Å². The Labute approximate surface area is 131 Å². The lowest BCUT2D eigenvalue weighted by Gasteiger charge is -2.37. The van der Waals surface area contributed by atoms with Gasteiger partial charge in [0.1, 0.15) is 0 Å². The second kappa shape index (κ2) is 6.57. The first kappa shape index (κ1) is 16.6. The van der Waals surface area contributed by atoms with Gasteiger partial charge in [0.15, 0.2) is 0 Å². The number of nitrogens with zero attached hydrogens (tertiary/aromatic N) is 1. The molecule has 0 bridgehead atoms. The van der Waals surface area contributed by atoms with Gasteiger partial charge in [-0.05, 0) is 50.6 Å². The zero-order chi connectivity index (χ0) is 15.6. The van der Waals surface area contributed by atoms with E-state index in [2.05, 4.69) is 21.2 Å². The summed E-state index contributed by atoms with van der Waals surface area (Å²) in [6, 6.07) is 5.86. The molecule has 0 spiro atoms. The number of halogens is 4. The molecule has 2 atom stereocenters. The number of hydrogen-bond acceptors (Lipinski definition) is 2. The first-order valence-corrected chi connectivity index (χ1v) is 7.90. The average Bonchev–Trinajstić information content (AvgIpc) is 2.45. The molecule has 0 aliphatic carbocycles. The maximum absolute atomic E-state index is 13.0. The van der Waals surface area contributed by atoms with E-state index in [9.17, 15) is 13.2 Å². The molecule has 1 aliphatic rings. The molecule has 2 nitrogen and oxygen atoms in total. The van der Waals surface area contributed by atoms with E-state index in [4.69, 9.17) is 0 Å². The van der Waals surface area contributed by atoms with Crippen LogP contribution in [0.25, 0.3) is 0 Å². The van der Waals surface area contributed by atoms with Crippen molar-refractivity contribution in [3.63, 3.8) is 0 Å². The minimum atomic E-state index is -4.11. The number of piperidine rings is 1. The maximum atomic E-state index is 13.0.